The summed E-state index contributed by atoms with van der Waals surface area (Å²) in [7, 11) is 0. The minimum Gasteiger partial charge on any atom is -0.409 e. The van der Waals surface area contributed by atoms with Gasteiger partial charge >= 0.3 is 0 Å². The quantitative estimate of drug-likeness (QED) is 0.216. The number of nitrogens with one attached hydrogen (secondary N) is 1. The van der Waals surface area contributed by atoms with E-state index in [9.17, 15) is 0 Å². The van der Waals surface area contributed by atoms with Crippen LogP contribution in [0.25, 0.3) is 0 Å². The molecule has 0 amide bonds. The lowest BCUT2D eigenvalue weighted by Crippen LogP contribution is -2.32. The van der Waals surface area contributed by atoms with Gasteiger partial charge in [-0.15, -0.1) is 0 Å². The highest BCUT2D eigenvalue weighted by Crippen LogP contribution is 2.23. The first-order chi connectivity index (χ1) is 9.86. The van der Waals surface area contributed by atoms with Crippen LogP contribution in [0.1, 0.15) is 51.6 Å². The maximum Gasteiger partial charge on any atom is 0.144 e. The molecule has 0 aliphatic heterocycles. The van der Waals surface area contributed by atoms with Crippen LogP contribution in [0.5, 0.6) is 0 Å². The summed E-state index contributed by atoms with van der Waals surface area (Å²) in [5, 5.41) is 15.4. The summed E-state index contributed by atoms with van der Waals surface area (Å²) in [6.45, 7) is 7.13. The van der Waals surface area contributed by atoms with Crippen LogP contribution in [0.15, 0.2) is 33.9 Å². The summed E-state index contributed by atoms with van der Waals surface area (Å²) >= 11 is 3.49. The van der Waals surface area contributed by atoms with Gasteiger partial charge in [0.05, 0.1) is 0 Å². The van der Waals surface area contributed by atoms with Crippen LogP contribution in [-0.2, 0) is 0 Å². The first-order valence-corrected chi connectivity index (χ1v) is 8.13. The van der Waals surface area contributed by atoms with Crippen LogP contribution < -0.4 is 11.1 Å². The van der Waals surface area contributed by atoms with Crippen molar-refractivity contribution in [1.29, 1.82) is 0 Å². The third kappa shape index (κ3) is 6.06. The summed E-state index contributed by atoms with van der Waals surface area (Å²) in [4.78, 5) is 0. The first kappa shape index (κ1) is 18.0. The van der Waals surface area contributed by atoms with Crippen LogP contribution >= 0.6 is 15.9 Å². The molecule has 1 aromatic rings. The fourth-order valence-corrected chi connectivity index (χ4v) is 2.58. The van der Waals surface area contributed by atoms with Gasteiger partial charge in [0.25, 0.3) is 0 Å². The monoisotopic (exact) mass is 355 g/mol. The Labute approximate surface area is 135 Å². The lowest BCUT2D eigenvalue weighted by Gasteiger charge is -2.22. The van der Waals surface area contributed by atoms with E-state index in [1.807, 2.05) is 19.9 Å². The second kappa shape index (κ2) is 8.39. The molecule has 4 N–H and O–H groups in total. The summed E-state index contributed by atoms with van der Waals surface area (Å²) in [6.07, 6.45) is 3.03. The SMILES string of the molecule is CC(NCCCCC(C)(C)/C(N)=N/O)c1cccc(Br)c1. The summed E-state index contributed by atoms with van der Waals surface area (Å²) in [5.41, 5.74) is 6.72. The van der Waals surface area contributed by atoms with Crippen molar-refractivity contribution < 1.29 is 5.21 Å². The Kier molecular flexibility index (Phi) is 7.18. The lowest BCUT2D eigenvalue weighted by atomic mass is 9.86. The molecule has 0 bridgehead atoms. The summed E-state index contributed by atoms with van der Waals surface area (Å²) in [6, 6.07) is 8.69. The third-order valence-electron chi connectivity index (χ3n) is 3.83. The van der Waals surface area contributed by atoms with Crippen LogP contribution in [-0.4, -0.2) is 17.6 Å². The highest BCUT2D eigenvalue weighted by Gasteiger charge is 2.22. The number of rotatable bonds is 8. The molecule has 118 valence electrons. The Hall–Kier alpha value is -1.07. The van der Waals surface area contributed by atoms with Crippen molar-refractivity contribution in [1.82, 2.24) is 5.32 Å². The molecule has 1 aromatic carbocycles. The minimum absolute atomic E-state index is 0.245. The molecule has 0 fully saturated rings. The number of nitrogens with zero attached hydrogens (tertiary/aromatic N) is 1. The second-order valence-corrected chi connectivity index (χ2v) is 6.97. The van der Waals surface area contributed by atoms with E-state index in [0.29, 0.717) is 11.9 Å². The van der Waals surface area contributed by atoms with E-state index in [4.69, 9.17) is 10.9 Å². The highest BCUT2D eigenvalue weighted by atomic mass is 79.9. The normalized spacial score (nSPS) is 14.2. The Morgan fingerprint density at radius 2 is 2.14 bits per heavy atom. The molecule has 21 heavy (non-hydrogen) atoms. The fraction of sp³-hybridized carbons (Fsp3) is 0.562. The van der Waals surface area contributed by atoms with Crippen molar-refractivity contribution in [2.45, 2.75) is 46.1 Å². The fourth-order valence-electron chi connectivity index (χ4n) is 2.17. The summed E-state index contributed by atoms with van der Waals surface area (Å²) < 4.78 is 1.11. The molecule has 4 nitrogen and oxygen atoms in total. The molecule has 0 spiro atoms. The average Bonchev–Trinajstić information content (AvgIpc) is 2.45. The van der Waals surface area contributed by atoms with E-state index in [2.05, 4.69) is 51.5 Å². The van der Waals surface area contributed by atoms with Gasteiger partial charge < -0.3 is 16.3 Å². The van der Waals surface area contributed by atoms with Gasteiger partial charge in [-0.05, 0) is 44.0 Å². The molecule has 0 saturated carbocycles. The highest BCUT2D eigenvalue weighted by molar-refractivity contribution is 9.10. The van der Waals surface area contributed by atoms with Crippen molar-refractivity contribution in [3.05, 3.63) is 34.3 Å². The molecule has 0 heterocycles. The van der Waals surface area contributed by atoms with Crippen molar-refractivity contribution in [3.8, 4) is 0 Å². The van der Waals surface area contributed by atoms with E-state index in [1.165, 1.54) is 5.56 Å². The third-order valence-corrected chi connectivity index (χ3v) is 4.32. The first-order valence-electron chi connectivity index (χ1n) is 7.33. The number of nitrogens with two attached hydrogens (primary N) is 1. The van der Waals surface area contributed by atoms with E-state index in [0.717, 1.165) is 30.3 Å². The van der Waals surface area contributed by atoms with Crippen LogP contribution in [0.4, 0.5) is 0 Å². The van der Waals surface area contributed by atoms with Gasteiger partial charge in [-0.25, -0.2) is 0 Å². The minimum atomic E-state index is -0.245. The van der Waals surface area contributed by atoms with Crippen LogP contribution in [0.2, 0.25) is 0 Å². The maximum absolute atomic E-state index is 8.74. The standard InChI is InChI=1S/C16H26BrN3O/c1-12(13-7-6-8-14(17)11-13)19-10-5-4-9-16(2,3)15(18)20-21/h6-8,11-12,19,21H,4-5,9-10H2,1-3H3,(H2,18,20). The smallest absolute Gasteiger partial charge is 0.144 e. The van der Waals surface area contributed by atoms with Crippen molar-refractivity contribution in [2.75, 3.05) is 6.54 Å². The number of hydrogen-bond donors (Lipinski definition) is 3. The molecule has 0 aromatic heterocycles. The molecular weight excluding hydrogens is 330 g/mol. The zero-order chi connectivity index (χ0) is 15.9. The molecule has 0 aliphatic rings. The Morgan fingerprint density at radius 3 is 2.76 bits per heavy atom. The number of oxime groups is 1. The molecule has 0 saturated heterocycles. The predicted octanol–water partition coefficient (Wildman–Crippen LogP) is 4.04. The molecule has 0 radical (unpaired) electrons. The van der Waals surface area contributed by atoms with Crippen molar-refractivity contribution in [2.24, 2.45) is 16.3 Å². The molecule has 0 aliphatic carbocycles. The second-order valence-electron chi connectivity index (χ2n) is 6.06. The maximum atomic E-state index is 8.74. The number of benzene rings is 1. The Morgan fingerprint density at radius 1 is 1.43 bits per heavy atom. The number of hydrogen-bond acceptors (Lipinski definition) is 3. The van der Waals surface area contributed by atoms with Gasteiger partial charge in [0.15, 0.2) is 0 Å². The zero-order valence-electron chi connectivity index (χ0n) is 13.1. The lowest BCUT2D eigenvalue weighted by molar-refractivity contribution is 0.304. The van der Waals surface area contributed by atoms with E-state index in [1.54, 1.807) is 0 Å². The molecular formula is C16H26BrN3O. The van der Waals surface area contributed by atoms with Gasteiger partial charge in [0.1, 0.15) is 5.84 Å². The number of unbranched alkanes of at least 4 members (excludes halogenated alkanes) is 1. The molecule has 1 unspecified atom stereocenters. The Balaban J connectivity index is 2.29. The van der Waals surface area contributed by atoms with Gasteiger partial charge in [0.2, 0.25) is 0 Å². The number of halogens is 1. The molecule has 1 atom stereocenters. The Bertz CT molecular complexity index is 474. The van der Waals surface area contributed by atoms with Gasteiger partial charge in [-0.1, -0.05) is 53.5 Å². The molecule has 5 heteroatoms. The predicted molar refractivity (Wildman–Crippen MR) is 91.6 cm³/mol. The molecule has 1 rings (SSSR count). The average molecular weight is 356 g/mol. The van der Waals surface area contributed by atoms with E-state index >= 15 is 0 Å². The van der Waals surface area contributed by atoms with Gasteiger partial charge in [-0.3, -0.25) is 0 Å². The van der Waals surface area contributed by atoms with E-state index in [-0.39, 0.29) is 5.41 Å². The van der Waals surface area contributed by atoms with Crippen LogP contribution in [0, 0.1) is 5.41 Å². The number of amidine groups is 1. The van der Waals surface area contributed by atoms with Crippen molar-refractivity contribution >= 4 is 21.8 Å². The topological polar surface area (TPSA) is 70.6 Å². The van der Waals surface area contributed by atoms with E-state index < -0.39 is 0 Å². The largest absolute Gasteiger partial charge is 0.409 e. The van der Waals surface area contributed by atoms with Crippen LogP contribution in [0.3, 0.4) is 0 Å². The van der Waals surface area contributed by atoms with Gasteiger partial charge in [-0.2, -0.15) is 0 Å². The van der Waals surface area contributed by atoms with Gasteiger partial charge in [0, 0.05) is 15.9 Å². The summed E-state index contributed by atoms with van der Waals surface area (Å²) in [5.74, 6) is 0.304. The van der Waals surface area contributed by atoms with Crippen molar-refractivity contribution in [3.63, 3.8) is 0 Å². The zero-order valence-corrected chi connectivity index (χ0v) is 14.7.